The predicted molar refractivity (Wildman–Crippen MR) is 145 cm³/mol. The first-order chi connectivity index (χ1) is 17.8. The summed E-state index contributed by atoms with van der Waals surface area (Å²) >= 11 is 5.93. The Kier molecular flexibility index (Phi) is 8.22. The van der Waals surface area contributed by atoms with E-state index >= 15 is 0 Å². The maximum Gasteiger partial charge on any atom is 0.264 e. The van der Waals surface area contributed by atoms with Gasteiger partial charge in [0.15, 0.2) is 0 Å². The third kappa shape index (κ3) is 6.55. The standard InChI is InChI=1S/C28H24ClN3O4S/c29-22-15-17-24(18-16-22)37(35,36)32(23-11-5-2-6-12-23)20-27(33)31-26-14-8-7-13-25(26)28(34)30-19-21-9-3-1-4-10-21/h1-18H,19-20H2,(H,30,34)(H,31,33). The number of carbonyl (C=O) groups excluding carboxylic acids is 2. The number of carbonyl (C=O) groups is 2. The topological polar surface area (TPSA) is 95.6 Å². The van der Waals surface area contributed by atoms with Gasteiger partial charge in [0.25, 0.3) is 15.9 Å². The molecule has 0 heterocycles. The van der Waals surface area contributed by atoms with Gasteiger partial charge in [-0.25, -0.2) is 8.42 Å². The zero-order valence-corrected chi connectivity index (χ0v) is 21.2. The lowest BCUT2D eigenvalue weighted by atomic mass is 10.1. The Hall–Kier alpha value is -4.14. The lowest BCUT2D eigenvalue weighted by Crippen LogP contribution is -2.38. The number of hydrogen-bond acceptors (Lipinski definition) is 4. The zero-order chi connectivity index (χ0) is 26.3. The molecule has 0 radical (unpaired) electrons. The Morgan fingerprint density at radius 3 is 2.03 bits per heavy atom. The molecule has 188 valence electrons. The maximum atomic E-state index is 13.5. The van der Waals surface area contributed by atoms with Crippen molar-refractivity contribution in [2.75, 3.05) is 16.2 Å². The Balaban J connectivity index is 1.54. The number of rotatable bonds is 9. The van der Waals surface area contributed by atoms with Crippen LogP contribution in [0.3, 0.4) is 0 Å². The third-order valence-electron chi connectivity index (χ3n) is 5.47. The van der Waals surface area contributed by atoms with Crippen LogP contribution in [0.25, 0.3) is 0 Å². The number of sulfonamides is 1. The van der Waals surface area contributed by atoms with E-state index in [0.717, 1.165) is 9.87 Å². The fourth-order valence-corrected chi connectivity index (χ4v) is 5.17. The molecule has 2 amide bonds. The van der Waals surface area contributed by atoms with Gasteiger partial charge in [0.05, 0.1) is 21.8 Å². The van der Waals surface area contributed by atoms with Crippen LogP contribution < -0.4 is 14.9 Å². The summed E-state index contributed by atoms with van der Waals surface area (Å²) < 4.78 is 27.9. The average Bonchev–Trinajstić information content (AvgIpc) is 2.92. The third-order valence-corrected chi connectivity index (χ3v) is 7.51. The molecular formula is C28H24ClN3O4S. The lowest BCUT2D eigenvalue weighted by Gasteiger charge is -2.24. The minimum Gasteiger partial charge on any atom is -0.348 e. The number of hydrogen-bond donors (Lipinski definition) is 2. The molecule has 0 aliphatic rings. The van der Waals surface area contributed by atoms with Crippen LogP contribution in [0.1, 0.15) is 15.9 Å². The molecule has 0 fully saturated rings. The summed E-state index contributed by atoms with van der Waals surface area (Å²) in [5.41, 5.74) is 1.79. The predicted octanol–water partition coefficient (Wildman–Crippen LogP) is 5.10. The van der Waals surface area contributed by atoms with E-state index in [0.29, 0.717) is 17.3 Å². The van der Waals surface area contributed by atoms with Crippen LogP contribution in [-0.4, -0.2) is 26.8 Å². The molecule has 0 unspecified atom stereocenters. The van der Waals surface area contributed by atoms with Gasteiger partial charge in [-0.3, -0.25) is 13.9 Å². The van der Waals surface area contributed by atoms with E-state index in [1.54, 1.807) is 54.6 Å². The summed E-state index contributed by atoms with van der Waals surface area (Å²) in [5.74, 6) is -0.974. The Labute approximate surface area is 220 Å². The smallest absolute Gasteiger partial charge is 0.264 e. The van der Waals surface area contributed by atoms with E-state index in [1.807, 2.05) is 30.3 Å². The fourth-order valence-electron chi connectivity index (χ4n) is 3.63. The van der Waals surface area contributed by atoms with Crippen LogP contribution in [0.4, 0.5) is 11.4 Å². The second kappa shape index (κ2) is 11.7. The summed E-state index contributed by atoms with van der Waals surface area (Å²) in [4.78, 5) is 26.0. The van der Waals surface area contributed by atoms with Crippen LogP contribution >= 0.6 is 11.6 Å². The normalized spacial score (nSPS) is 10.9. The van der Waals surface area contributed by atoms with Crippen molar-refractivity contribution in [2.24, 2.45) is 0 Å². The van der Waals surface area contributed by atoms with Gasteiger partial charge in [-0.1, -0.05) is 72.3 Å². The SMILES string of the molecule is O=C(CN(c1ccccc1)S(=O)(=O)c1ccc(Cl)cc1)Nc1ccccc1C(=O)NCc1ccccc1. The molecule has 9 heteroatoms. The molecule has 0 aliphatic heterocycles. The van der Waals surface area contributed by atoms with E-state index in [2.05, 4.69) is 10.6 Å². The first-order valence-corrected chi connectivity index (χ1v) is 13.2. The summed E-state index contributed by atoms with van der Waals surface area (Å²) in [6.45, 7) is -0.183. The molecule has 0 aliphatic carbocycles. The van der Waals surface area contributed by atoms with Crippen LogP contribution in [0, 0.1) is 0 Å². The minimum absolute atomic E-state index is 0.00533. The van der Waals surface area contributed by atoms with Gasteiger partial charge in [-0.05, 0) is 54.1 Å². The molecule has 4 rings (SSSR count). The van der Waals surface area contributed by atoms with Gasteiger partial charge in [-0.15, -0.1) is 0 Å². The van der Waals surface area contributed by atoms with Crippen molar-refractivity contribution in [1.82, 2.24) is 5.32 Å². The average molecular weight is 534 g/mol. The van der Waals surface area contributed by atoms with E-state index in [9.17, 15) is 18.0 Å². The van der Waals surface area contributed by atoms with E-state index in [4.69, 9.17) is 11.6 Å². The second-order valence-corrected chi connectivity index (χ2v) is 10.4. The molecule has 4 aromatic rings. The molecule has 4 aromatic carbocycles. The monoisotopic (exact) mass is 533 g/mol. The number of nitrogens with one attached hydrogen (secondary N) is 2. The number of nitrogens with zero attached hydrogens (tertiary/aromatic N) is 1. The van der Waals surface area contributed by atoms with Crippen molar-refractivity contribution in [3.8, 4) is 0 Å². The van der Waals surface area contributed by atoms with Crippen molar-refractivity contribution in [3.05, 3.63) is 125 Å². The van der Waals surface area contributed by atoms with Crippen molar-refractivity contribution in [3.63, 3.8) is 0 Å². The number of anilines is 2. The van der Waals surface area contributed by atoms with Gasteiger partial charge >= 0.3 is 0 Å². The van der Waals surface area contributed by atoms with E-state index in [-0.39, 0.29) is 22.1 Å². The zero-order valence-electron chi connectivity index (χ0n) is 19.7. The Morgan fingerprint density at radius 2 is 1.35 bits per heavy atom. The van der Waals surface area contributed by atoms with Crippen molar-refractivity contribution in [2.45, 2.75) is 11.4 Å². The molecular weight excluding hydrogens is 510 g/mol. The molecule has 0 saturated carbocycles. The van der Waals surface area contributed by atoms with Crippen molar-refractivity contribution in [1.29, 1.82) is 0 Å². The Bertz CT molecular complexity index is 1480. The van der Waals surface area contributed by atoms with Gasteiger partial charge in [0, 0.05) is 11.6 Å². The highest BCUT2D eigenvalue weighted by atomic mass is 35.5. The maximum absolute atomic E-state index is 13.5. The van der Waals surface area contributed by atoms with Crippen LogP contribution in [0.5, 0.6) is 0 Å². The Morgan fingerprint density at radius 1 is 0.757 bits per heavy atom. The molecule has 7 nitrogen and oxygen atoms in total. The summed E-state index contributed by atoms with van der Waals surface area (Å²) in [6.07, 6.45) is 0. The van der Waals surface area contributed by atoms with Crippen LogP contribution in [0.2, 0.25) is 5.02 Å². The summed E-state index contributed by atoms with van der Waals surface area (Å²) in [5, 5.41) is 5.93. The van der Waals surface area contributed by atoms with Crippen molar-refractivity contribution >= 4 is 44.8 Å². The number of para-hydroxylation sites is 2. The molecule has 0 saturated heterocycles. The van der Waals surface area contributed by atoms with Gasteiger partial charge < -0.3 is 10.6 Å². The van der Waals surface area contributed by atoms with E-state index < -0.39 is 22.5 Å². The first kappa shape index (κ1) is 25.9. The largest absolute Gasteiger partial charge is 0.348 e. The quantitative estimate of drug-likeness (QED) is 0.313. The first-order valence-electron chi connectivity index (χ1n) is 11.4. The number of benzene rings is 4. The number of halogens is 1. The fraction of sp³-hybridized carbons (Fsp3) is 0.0714. The van der Waals surface area contributed by atoms with Crippen molar-refractivity contribution < 1.29 is 18.0 Å². The highest BCUT2D eigenvalue weighted by Crippen LogP contribution is 2.25. The molecule has 0 spiro atoms. The molecule has 0 atom stereocenters. The second-order valence-electron chi connectivity index (χ2n) is 8.06. The highest BCUT2D eigenvalue weighted by molar-refractivity contribution is 7.92. The molecule has 0 aromatic heterocycles. The molecule has 37 heavy (non-hydrogen) atoms. The van der Waals surface area contributed by atoms with Crippen LogP contribution in [-0.2, 0) is 21.4 Å². The lowest BCUT2D eigenvalue weighted by molar-refractivity contribution is -0.114. The number of amides is 2. The van der Waals surface area contributed by atoms with Crippen LogP contribution in [0.15, 0.2) is 114 Å². The van der Waals surface area contributed by atoms with Gasteiger partial charge in [0.2, 0.25) is 5.91 Å². The van der Waals surface area contributed by atoms with E-state index in [1.165, 1.54) is 24.3 Å². The molecule has 2 N–H and O–H groups in total. The summed E-state index contributed by atoms with van der Waals surface area (Å²) in [7, 11) is -4.09. The minimum atomic E-state index is -4.09. The molecule has 0 bridgehead atoms. The van der Waals surface area contributed by atoms with Gasteiger partial charge in [0.1, 0.15) is 6.54 Å². The van der Waals surface area contributed by atoms with Gasteiger partial charge in [-0.2, -0.15) is 0 Å². The highest BCUT2D eigenvalue weighted by Gasteiger charge is 2.27. The summed E-state index contributed by atoms with van der Waals surface area (Å²) in [6, 6.07) is 30.1.